The van der Waals surface area contributed by atoms with Crippen LogP contribution in [0.1, 0.15) is 22.8 Å². The Morgan fingerprint density at radius 1 is 1.05 bits per heavy atom. The summed E-state index contributed by atoms with van der Waals surface area (Å²) in [5.41, 5.74) is 4.93. The molecule has 2 N–H and O–H groups in total. The Hall–Kier alpha value is -4.39. The molecule has 0 spiro atoms. The van der Waals surface area contributed by atoms with E-state index in [1.807, 2.05) is 19.1 Å². The van der Waals surface area contributed by atoms with E-state index in [1.165, 1.54) is 44.6 Å². The van der Waals surface area contributed by atoms with Gasteiger partial charge in [-0.05, 0) is 43.7 Å². The molecule has 1 aliphatic heterocycles. The van der Waals surface area contributed by atoms with Crippen molar-refractivity contribution < 1.29 is 32.2 Å². The predicted molar refractivity (Wildman–Crippen MR) is 133 cm³/mol. The van der Waals surface area contributed by atoms with Gasteiger partial charge in [-0.25, -0.2) is 20.2 Å². The van der Waals surface area contributed by atoms with Gasteiger partial charge in [0.05, 0.1) is 21.3 Å². The number of aromatic nitrogens is 3. The zero-order chi connectivity index (χ0) is 27.6. The van der Waals surface area contributed by atoms with Gasteiger partial charge in [-0.3, -0.25) is 5.01 Å². The second kappa shape index (κ2) is 10.5. The third-order valence-corrected chi connectivity index (χ3v) is 5.67. The highest BCUT2D eigenvalue weighted by atomic mass is 19.4. The van der Waals surface area contributed by atoms with E-state index in [9.17, 15) is 18.0 Å². The molecule has 0 saturated carbocycles. The van der Waals surface area contributed by atoms with Crippen LogP contribution in [0.4, 0.5) is 30.6 Å². The largest absolute Gasteiger partial charge is 0.497 e. The van der Waals surface area contributed by atoms with Crippen molar-refractivity contribution in [2.75, 3.05) is 31.7 Å². The van der Waals surface area contributed by atoms with E-state index in [2.05, 4.69) is 25.7 Å². The summed E-state index contributed by atoms with van der Waals surface area (Å²) < 4.78 is 55.8. The molecule has 2 aromatic heterocycles. The van der Waals surface area contributed by atoms with Crippen LogP contribution in [-0.2, 0) is 4.74 Å². The van der Waals surface area contributed by atoms with E-state index in [4.69, 9.17) is 14.2 Å². The van der Waals surface area contributed by atoms with Crippen molar-refractivity contribution in [3.8, 4) is 22.8 Å². The van der Waals surface area contributed by atoms with Gasteiger partial charge in [0.2, 0.25) is 11.8 Å². The number of ether oxygens (including phenoxy) is 3. The molecule has 1 unspecified atom stereocenters. The van der Waals surface area contributed by atoms with Crippen LogP contribution in [-0.4, -0.2) is 54.5 Å². The summed E-state index contributed by atoms with van der Waals surface area (Å²) in [6.45, 7) is 3.41. The van der Waals surface area contributed by atoms with Crippen LogP contribution in [0.15, 0.2) is 48.4 Å². The maximum absolute atomic E-state index is 13.5. The number of rotatable bonds is 7. The molecule has 4 rings (SSSR count). The predicted octanol–water partition coefficient (Wildman–Crippen LogP) is 4.55. The highest BCUT2D eigenvalue weighted by Gasteiger charge is 2.43. The fourth-order valence-corrected chi connectivity index (χ4v) is 3.88. The molecule has 0 fully saturated rings. The third kappa shape index (κ3) is 5.47. The number of esters is 1. The van der Waals surface area contributed by atoms with Crippen molar-refractivity contribution in [1.29, 1.82) is 0 Å². The topological polar surface area (TPSA) is 111 Å². The lowest BCUT2D eigenvalue weighted by atomic mass is 10.1. The Bertz CT molecular complexity index is 1400. The fourth-order valence-electron chi connectivity index (χ4n) is 3.88. The first-order valence-corrected chi connectivity index (χ1v) is 11.3. The Morgan fingerprint density at radius 2 is 1.82 bits per heavy atom. The van der Waals surface area contributed by atoms with Crippen molar-refractivity contribution in [1.82, 2.24) is 20.4 Å². The minimum absolute atomic E-state index is 0.0299. The minimum Gasteiger partial charge on any atom is -0.497 e. The lowest BCUT2D eigenvalue weighted by Crippen LogP contribution is -2.45. The summed E-state index contributed by atoms with van der Waals surface area (Å²) >= 11 is 0. The van der Waals surface area contributed by atoms with Gasteiger partial charge in [-0.1, -0.05) is 0 Å². The summed E-state index contributed by atoms with van der Waals surface area (Å²) in [4.78, 5) is 25.4. The third-order valence-electron chi connectivity index (χ3n) is 5.67. The normalized spacial score (nSPS) is 15.2. The van der Waals surface area contributed by atoms with Crippen LogP contribution >= 0.6 is 0 Å². The van der Waals surface area contributed by atoms with Gasteiger partial charge in [-0.15, -0.1) is 0 Å². The molecule has 0 aliphatic carbocycles. The number of nitrogens with zero attached hydrogens (tertiary/aromatic N) is 4. The van der Waals surface area contributed by atoms with E-state index in [0.29, 0.717) is 22.6 Å². The fraction of sp³-hybridized carbons (Fsp3) is 0.280. The van der Waals surface area contributed by atoms with Gasteiger partial charge in [-0.2, -0.15) is 18.2 Å². The molecular weight excluding hydrogens is 505 g/mol. The number of anilines is 3. The summed E-state index contributed by atoms with van der Waals surface area (Å²) in [5.74, 6) is 0.165. The van der Waals surface area contributed by atoms with Gasteiger partial charge in [0.1, 0.15) is 17.4 Å². The number of hydrogen-bond donors (Lipinski definition) is 2. The number of pyridine rings is 1. The van der Waals surface area contributed by atoms with Crippen molar-refractivity contribution >= 4 is 23.4 Å². The number of hydrazine groups is 1. The van der Waals surface area contributed by atoms with Crippen LogP contribution in [0.3, 0.4) is 0 Å². The standard InChI is InChI=1S/C25H25F3N6O4/c1-13-6-16(10-17(7-13)36-3)31-24-30-12-19(15-9-18(23(35)38-5)22(37-4)29-11-15)21(32-24)34-14(2)8-20(33-34)25(26,27)28/h6-12,20,33H,1-5H3,(H,30,31,32). The smallest absolute Gasteiger partial charge is 0.409 e. The minimum atomic E-state index is -4.53. The molecule has 10 nitrogen and oxygen atoms in total. The number of halogens is 3. The first-order chi connectivity index (χ1) is 18.0. The monoisotopic (exact) mass is 530 g/mol. The molecule has 0 radical (unpaired) electrons. The van der Waals surface area contributed by atoms with Gasteiger partial charge < -0.3 is 19.5 Å². The molecule has 3 heterocycles. The van der Waals surface area contributed by atoms with Gasteiger partial charge in [0.25, 0.3) is 0 Å². The van der Waals surface area contributed by atoms with E-state index in [-0.39, 0.29) is 28.9 Å². The van der Waals surface area contributed by atoms with Gasteiger partial charge in [0.15, 0.2) is 5.82 Å². The van der Waals surface area contributed by atoms with Crippen LogP contribution in [0, 0.1) is 6.92 Å². The first kappa shape index (κ1) is 26.7. The van der Waals surface area contributed by atoms with Gasteiger partial charge >= 0.3 is 12.1 Å². The summed E-state index contributed by atoms with van der Waals surface area (Å²) in [7, 11) is 4.10. The molecule has 200 valence electrons. The molecule has 1 aromatic carbocycles. The molecule has 1 atom stereocenters. The number of allylic oxidation sites excluding steroid dienone is 1. The molecule has 0 amide bonds. The highest BCUT2D eigenvalue weighted by molar-refractivity contribution is 5.94. The average Bonchev–Trinajstić information content (AvgIpc) is 3.29. The number of alkyl halides is 3. The number of aryl methyl sites for hydroxylation is 1. The maximum atomic E-state index is 13.5. The summed E-state index contributed by atoms with van der Waals surface area (Å²) in [6.07, 6.45) is -0.640. The van der Waals surface area contributed by atoms with E-state index in [1.54, 1.807) is 13.2 Å². The van der Waals surface area contributed by atoms with E-state index in [0.717, 1.165) is 11.6 Å². The van der Waals surface area contributed by atoms with Gasteiger partial charge in [0, 0.05) is 41.0 Å². The number of nitrogens with one attached hydrogen (secondary N) is 2. The van der Waals surface area contributed by atoms with Crippen molar-refractivity contribution in [3.05, 3.63) is 59.6 Å². The Kier molecular flexibility index (Phi) is 7.39. The zero-order valence-corrected chi connectivity index (χ0v) is 21.2. The lowest BCUT2D eigenvalue weighted by Gasteiger charge is -2.25. The second-order valence-corrected chi connectivity index (χ2v) is 8.36. The van der Waals surface area contributed by atoms with Crippen LogP contribution in [0.25, 0.3) is 11.1 Å². The van der Waals surface area contributed by atoms with Crippen LogP contribution in [0.5, 0.6) is 11.6 Å². The molecule has 13 heteroatoms. The first-order valence-electron chi connectivity index (χ1n) is 11.3. The second-order valence-electron chi connectivity index (χ2n) is 8.36. The molecule has 0 bridgehead atoms. The number of methoxy groups -OCH3 is 3. The lowest BCUT2D eigenvalue weighted by molar-refractivity contribution is -0.142. The molecular formula is C25H25F3N6O4. The molecule has 38 heavy (non-hydrogen) atoms. The molecule has 3 aromatic rings. The Balaban J connectivity index is 1.82. The van der Waals surface area contributed by atoms with E-state index >= 15 is 0 Å². The van der Waals surface area contributed by atoms with Crippen molar-refractivity contribution in [3.63, 3.8) is 0 Å². The van der Waals surface area contributed by atoms with Crippen molar-refractivity contribution in [2.24, 2.45) is 0 Å². The number of hydrogen-bond acceptors (Lipinski definition) is 10. The highest BCUT2D eigenvalue weighted by Crippen LogP contribution is 2.36. The summed E-state index contributed by atoms with van der Waals surface area (Å²) in [6, 6.07) is 4.96. The molecule has 0 saturated heterocycles. The SMILES string of the molecule is COC(=O)c1cc(-c2cnc(Nc3cc(C)cc(OC)c3)nc2N2NC(C(F)(F)F)C=C2C)cnc1OC. The Morgan fingerprint density at radius 3 is 2.45 bits per heavy atom. The quantitative estimate of drug-likeness (QED) is 0.422. The number of carbonyl (C=O) groups excluding carboxylic acids is 1. The molecule has 1 aliphatic rings. The maximum Gasteiger partial charge on any atom is 0.409 e. The van der Waals surface area contributed by atoms with Crippen LogP contribution in [0.2, 0.25) is 0 Å². The number of benzene rings is 1. The van der Waals surface area contributed by atoms with E-state index < -0.39 is 18.2 Å². The van der Waals surface area contributed by atoms with Crippen molar-refractivity contribution in [2.45, 2.75) is 26.1 Å². The zero-order valence-electron chi connectivity index (χ0n) is 21.2. The average molecular weight is 531 g/mol. The van der Waals surface area contributed by atoms with Crippen LogP contribution < -0.4 is 25.2 Å². The summed E-state index contributed by atoms with van der Waals surface area (Å²) in [5, 5.41) is 4.29. The Labute approximate surface area is 216 Å². The number of carbonyl (C=O) groups is 1.